The van der Waals surface area contributed by atoms with Crippen LogP contribution in [0.5, 0.6) is 5.75 Å². The van der Waals surface area contributed by atoms with Gasteiger partial charge in [0, 0.05) is 35.8 Å². The topological polar surface area (TPSA) is 195 Å². The highest BCUT2D eigenvalue weighted by Crippen LogP contribution is 2.55. The first-order chi connectivity index (χ1) is 18.4. The molecule has 202 valence electrons. The van der Waals surface area contributed by atoms with Crippen LogP contribution in [-0.4, -0.2) is 60.5 Å². The third-order valence-electron chi connectivity index (χ3n) is 8.30. The fraction of sp³-hybridized carbons (Fsp3) is 0.310. The zero-order valence-corrected chi connectivity index (χ0v) is 20.9. The van der Waals surface area contributed by atoms with Crippen LogP contribution in [0.3, 0.4) is 0 Å². The monoisotopic (exact) mass is 533 g/mol. The lowest BCUT2D eigenvalue weighted by atomic mass is 9.55. The fourth-order valence-electron chi connectivity index (χ4n) is 6.26. The molecular formula is C29H27NO9. The Kier molecular flexibility index (Phi) is 6.20. The molecule has 0 aromatic heterocycles. The molecule has 5 atom stereocenters. The highest BCUT2D eigenvalue weighted by Gasteiger charge is 2.64. The molecule has 39 heavy (non-hydrogen) atoms. The number of aliphatic hydroxyl groups is 4. The molecule has 7 N–H and O–H groups in total. The summed E-state index contributed by atoms with van der Waals surface area (Å²) in [5.74, 6) is -9.21. The van der Waals surface area contributed by atoms with Gasteiger partial charge < -0.3 is 31.3 Å². The standard InChI is InChI=1S/C29H27NO9/c1-12-15-9-7-14(8-10-17(31)13-5-3-2-4-6-13)23(33)20(15)25(35)22-19(12)24(34)16-11-18(32)21(28(30)38)26(36)29(16,39)27(22)37/h2-7,9,12,16,19,24,33-36,39H,8,10-11H2,1H3,(H2,30,38)/t12-,16+,19+,24+,29+/m0/s1. The zero-order valence-electron chi connectivity index (χ0n) is 20.9. The van der Waals surface area contributed by atoms with E-state index >= 15 is 0 Å². The van der Waals surface area contributed by atoms with Crippen molar-refractivity contribution in [1.82, 2.24) is 0 Å². The Balaban J connectivity index is 1.59. The van der Waals surface area contributed by atoms with Gasteiger partial charge >= 0.3 is 0 Å². The number of phenolic OH excluding ortho intramolecular Hbond substituents is 1. The summed E-state index contributed by atoms with van der Waals surface area (Å²) in [6, 6.07) is 11.8. The molecule has 5 rings (SSSR count). The van der Waals surface area contributed by atoms with Gasteiger partial charge in [0.1, 0.15) is 22.8 Å². The summed E-state index contributed by atoms with van der Waals surface area (Å²) in [6.07, 6.45) is -2.02. The number of rotatable bonds is 5. The molecule has 1 fully saturated rings. The molecule has 0 radical (unpaired) electrons. The lowest BCUT2D eigenvalue weighted by Gasteiger charge is -2.50. The number of Topliss-reactive ketones (excluding diaryl/α,β-unsaturated/α-hetero) is 3. The quantitative estimate of drug-likeness (QED) is 0.245. The molecule has 0 spiro atoms. The van der Waals surface area contributed by atoms with Gasteiger partial charge in [-0.1, -0.05) is 49.4 Å². The van der Waals surface area contributed by atoms with E-state index in [1.165, 1.54) is 0 Å². The van der Waals surface area contributed by atoms with E-state index in [-0.39, 0.29) is 29.9 Å². The molecular weight excluding hydrogens is 506 g/mol. The van der Waals surface area contributed by atoms with Crippen molar-refractivity contribution in [1.29, 1.82) is 0 Å². The number of benzene rings is 2. The fourth-order valence-corrected chi connectivity index (χ4v) is 6.26. The van der Waals surface area contributed by atoms with Crippen LogP contribution >= 0.6 is 0 Å². The van der Waals surface area contributed by atoms with Crippen LogP contribution < -0.4 is 5.73 Å². The Morgan fingerprint density at radius 1 is 1.05 bits per heavy atom. The first kappa shape index (κ1) is 26.3. The van der Waals surface area contributed by atoms with E-state index in [9.17, 15) is 44.7 Å². The minimum absolute atomic E-state index is 0.0630. The van der Waals surface area contributed by atoms with Crippen LogP contribution in [0.1, 0.15) is 52.7 Å². The van der Waals surface area contributed by atoms with Gasteiger partial charge in [0.25, 0.3) is 5.91 Å². The van der Waals surface area contributed by atoms with Gasteiger partial charge in [-0.3, -0.25) is 19.2 Å². The molecule has 0 bridgehead atoms. The van der Waals surface area contributed by atoms with Crippen LogP contribution in [0.25, 0.3) is 5.76 Å². The maximum atomic E-state index is 13.7. The predicted molar refractivity (Wildman–Crippen MR) is 137 cm³/mol. The van der Waals surface area contributed by atoms with Crippen molar-refractivity contribution in [2.24, 2.45) is 17.6 Å². The Labute approximate surface area is 222 Å². The van der Waals surface area contributed by atoms with Gasteiger partial charge in [-0.2, -0.15) is 0 Å². The number of hydrogen-bond acceptors (Lipinski definition) is 9. The molecule has 2 aromatic rings. The van der Waals surface area contributed by atoms with Gasteiger partial charge in [-0.15, -0.1) is 0 Å². The summed E-state index contributed by atoms with van der Waals surface area (Å²) in [6.45, 7) is 1.66. The van der Waals surface area contributed by atoms with Crippen molar-refractivity contribution < 1.29 is 44.7 Å². The molecule has 3 aliphatic rings. The predicted octanol–water partition coefficient (Wildman–Crippen LogP) is 1.77. The Bertz CT molecular complexity index is 1510. The Hall–Kier alpha value is -4.28. The Morgan fingerprint density at radius 2 is 1.72 bits per heavy atom. The average Bonchev–Trinajstić information content (AvgIpc) is 2.90. The number of ketones is 3. The van der Waals surface area contributed by atoms with E-state index in [0.717, 1.165) is 0 Å². The minimum atomic E-state index is -2.88. The highest BCUT2D eigenvalue weighted by molar-refractivity contribution is 6.23. The van der Waals surface area contributed by atoms with E-state index in [2.05, 4.69) is 0 Å². The normalized spacial score (nSPS) is 28.1. The second-order valence-electron chi connectivity index (χ2n) is 10.3. The van der Waals surface area contributed by atoms with Crippen LogP contribution in [-0.2, 0) is 20.8 Å². The zero-order chi connectivity index (χ0) is 28.4. The number of aryl methyl sites for hydroxylation is 1. The number of carbonyl (C=O) groups is 4. The highest BCUT2D eigenvalue weighted by atomic mass is 16.4. The van der Waals surface area contributed by atoms with E-state index in [1.807, 2.05) is 0 Å². The molecule has 2 aromatic carbocycles. The summed E-state index contributed by atoms with van der Waals surface area (Å²) in [5, 5.41) is 55.8. The lowest BCUT2D eigenvalue weighted by Crippen LogP contribution is -2.63. The number of nitrogens with two attached hydrogens (primary N) is 1. The number of aliphatic hydroxyl groups excluding tert-OH is 3. The number of hydrogen-bond donors (Lipinski definition) is 6. The van der Waals surface area contributed by atoms with Gasteiger partial charge in [-0.25, -0.2) is 0 Å². The number of phenols is 1. The molecule has 1 saturated carbocycles. The maximum absolute atomic E-state index is 13.7. The van der Waals surface area contributed by atoms with Gasteiger partial charge in [-0.05, 0) is 23.5 Å². The third kappa shape index (κ3) is 3.70. The van der Waals surface area contributed by atoms with E-state index < -0.39 is 76.0 Å². The number of fused-ring (bicyclic) bond motifs is 3. The summed E-state index contributed by atoms with van der Waals surface area (Å²) in [7, 11) is 0. The van der Waals surface area contributed by atoms with E-state index in [4.69, 9.17) is 5.73 Å². The Morgan fingerprint density at radius 3 is 2.36 bits per heavy atom. The van der Waals surface area contributed by atoms with Gasteiger partial charge in [0.15, 0.2) is 17.2 Å². The molecule has 0 aliphatic heterocycles. The average molecular weight is 534 g/mol. The van der Waals surface area contributed by atoms with Crippen molar-refractivity contribution in [2.45, 2.75) is 43.8 Å². The van der Waals surface area contributed by atoms with Crippen molar-refractivity contribution in [3.8, 4) is 5.75 Å². The van der Waals surface area contributed by atoms with Crippen molar-refractivity contribution in [3.63, 3.8) is 0 Å². The summed E-state index contributed by atoms with van der Waals surface area (Å²) >= 11 is 0. The third-order valence-corrected chi connectivity index (χ3v) is 8.30. The first-order valence-electron chi connectivity index (χ1n) is 12.5. The smallest absolute Gasteiger partial charge is 0.255 e. The molecule has 1 amide bonds. The minimum Gasteiger partial charge on any atom is -0.508 e. The number of carbonyl (C=O) groups excluding carboxylic acids is 4. The molecule has 3 aliphatic carbocycles. The second kappa shape index (κ2) is 9.18. The summed E-state index contributed by atoms with van der Waals surface area (Å²) in [5.41, 5.74) is 2.09. The van der Waals surface area contributed by atoms with Crippen molar-refractivity contribution >= 4 is 29.0 Å². The summed E-state index contributed by atoms with van der Waals surface area (Å²) < 4.78 is 0. The lowest BCUT2D eigenvalue weighted by molar-refractivity contribution is -0.160. The van der Waals surface area contributed by atoms with E-state index in [1.54, 1.807) is 49.4 Å². The summed E-state index contributed by atoms with van der Waals surface area (Å²) in [4.78, 5) is 50.6. The molecule has 10 heteroatoms. The van der Waals surface area contributed by atoms with Crippen LogP contribution in [0.4, 0.5) is 0 Å². The van der Waals surface area contributed by atoms with E-state index in [0.29, 0.717) is 16.7 Å². The van der Waals surface area contributed by atoms with Crippen LogP contribution in [0.15, 0.2) is 59.4 Å². The van der Waals surface area contributed by atoms with Crippen molar-refractivity contribution in [3.05, 3.63) is 81.6 Å². The number of primary amides is 1. The van der Waals surface area contributed by atoms with Gasteiger partial charge in [0.05, 0.1) is 11.7 Å². The second-order valence-corrected chi connectivity index (χ2v) is 10.3. The van der Waals surface area contributed by atoms with Crippen LogP contribution in [0, 0.1) is 11.8 Å². The number of aromatic hydroxyl groups is 1. The molecule has 0 saturated heterocycles. The molecule has 10 nitrogen and oxygen atoms in total. The SMILES string of the molecule is C[C@H]1c2ccc(CCC(=O)c3ccccc3)c(O)c2C(O)=C2C(=O)[C@]3(O)C(O)=C(C(N)=O)C(=O)C[C@@H]3[C@@H](O)[C@@H]21. The first-order valence-corrected chi connectivity index (χ1v) is 12.5. The molecule has 0 heterocycles. The maximum Gasteiger partial charge on any atom is 0.255 e. The molecule has 0 unspecified atom stereocenters. The number of amides is 1. The largest absolute Gasteiger partial charge is 0.508 e. The van der Waals surface area contributed by atoms with Crippen molar-refractivity contribution in [2.75, 3.05) is 0 Å². The van der Waals surface area contributed by atoms with Crippen LogP contribution in [0.2, 0.25) is 0 Å². The van der Waals surface area contributed by atoms with Gasteiger partial charge in [0.2, 0.25) is 5.78 Å².